The molecule has 1 aliphatic carbocycles. The number of hydrogen-bond acceptors (Lipinski definition) is 7. The van der Waals surface area contributed by atoms with Crippen LogP contribution in [0.1, 0.15) is 75.6 Å². The highest BCUT2D eigenvalue weighted by atomic mass is 35.5. The van der Waals surface area contributed by atoms with Gasteiger partial charge in [-0.25, -0.2) is 0 Å². The molecule has 3 aliphatic rings. The lowest BCUT2D eigenvalue weighted by atomic mass is 9.83. The van der Waals surface area contributed by atoms with Crippen LogP contribution in [0.4, 0.5) is 5.82 Å². The number of nitrogens with one attached hydrogen (secondary N) is 1. The Morgan fingerprint density at radius 1 is 1.23 bits per heavy atom. The lowest BCUT2D eigenvalue weighted by Gasteiger charge is -2.36. The zero-order valence-corrected chi connectivity index (χ0v) is 25.0. The van der Waals surface area contributed by atoms with Crippen molar-refractivity contribution in [2.75, 3.05) is 37.7 Å². The number of fused-ring (bicyclic) bond motifs is 1. The minimum Gasteiger partial charge on any atom is -0.462 e. The zero-order valence-electron chi connectivity index (χ0n) is 24.2. The second kappa shape index (κ2) is 14.0. The summed E-state index contributed by atoms with van der Waals surface area (Å²) in [6.45, 7) is 8.93. The second-order valence-corrected chi connectivity index (χ2v) is 12.3. The summed E-state index contributed by atoms with van der Waals surface area (Å²) >= 11 is 6.45. The third-order valence-electron chi connectivity index (χ3n) is 9.11. The van der Waals surface area contributed by atoms with Crippen LogP contribution in [-0.2, 0) is 19.3 Å². The topological polar surface area (TPSA) is 77.3 Å². The average Bonchev–Trinajstić information content (AvgIpc) is 3.44. The standard InChI is InChI=1S/C32H45ClN6O/c1-3-7-23(2)39-18-6-9-27(39)22-40-32-36-30-20-24(11-13-25-8-4-5-10-29(25)33)12-14-28(30)31(37-32)38-19-17-35-26(21-38)15-16-34/h4-5,8,10,23-24,26-27,35H,3,6-7,9,11-15,17-22H2,1-2H3. The summed E-state index contributed by atoms with van der Waals surface area (Å²) in [5.74, 6) is 1.59. The number of aromatic nitrogens is 2. The van der Waals surface area contributed by atoms with E-state index in [4.69, 9.17) is 26.3 Å². The molecule has 0 radical (unpaired) electrons. The summed E-state index contributed by atoms with van der Waals surface area (Å²) in [7, 11) is 0. The van der Waals surface area contributed by atoms with Crippen molar-refractivity contribution < 1.29 is 4.74 Å². The van der Waals surface area contributed by atoms with Gasteiger partial charge in [0.25, 0.3) is 0 Å². The highest BCUT2D eigenvalue weighted by molar-refractivity contribution is 6.31. The molecule has 4 atom stereocenters. The Kier molecular flexibility index (Phi) is 10.2. The van der Waals surface area contributed by atoms with Gasteiger partial charge in [-0.1, -0.05) is 43.1 Å². The van der Waals surface area contributed by atoms with Gasteiger partial charge in [-0.3, -0.25) is 4.90 Å². The van der Waals surface area contributed by atoms with E-state index in [0.29, 0.717) is 37.0 Å². The van der Waals surface area contributed by atoms with E-state index < -0.39 is 0 Å². The molecule has 2 aliphatic heterocycles. The first-order valence-electron chi connectivity index (χ1n) is 15.4. The molecule has 0 amide bonds. The van der Waals surface area contributed by atoms with Gasteiger partial charge >= 0.3 is 6.01 Å². The van der Waals surface area contributed by atoms with Crippen LogP contribution >= 0.6 is 11.6 Å². The molecule has 3 heterocycles. The third kappa shape index (κ3) is 7.08. The van der Waals surface area contributed by atoms with Crippen LogP contribution in [0.2, 0.25) is 5.02 Å². The Morgan fingerprint density at radius 2 is 2.10 bits per heavy atom. The first-order chi connectivity index (χ1) is 19.6. The molecule has 1 aromatic carbocycles. The van der Waals surface area contributed by atoms with Crippen molar-refractivity contribution in [2.24, 2.45) is 5.92 Å². The monoisotopic (exact) mass is 564 g/mol. The number of nitrogens with zero attached hydrogens (tertiary/aromatic N) is 5. The van der Waals surface area contributed by atoms with Crippen LogP contribution < -0.4 is 15.0 Å². The highest BCUT2D eigenvalue weighted by Gasteiger charge is 2.31. The van der Waals surface area contributed by atoms with Gasteiger partial charge in [0.1, 0.15) is 12.4 Å². The van der Waals surface area contributed by atoms with Crippen molar-refractivity contribution >= 4 is 17.4 Å². The Morgan fingerprint density at radius 3 is 2.92 bits per heavy atom. The fourth-order valence-corrected chi connectivity index (χ4v) is 7.14. The number of halogens is 1. The fourth-order valence-electron chi connectivity index (χ4n) is 6.91. The number of likely N-dealkylation sites (tertiary alicyclic amines) is 1. The van der Waals surface area contributed by atoms with Gasteiger partial charge in [0, 0.05) is 48.3 Å². The number of benzene rings is 1. The molecule has 216 valence electrons. The van der Waals surface area contributed by atoms with E-state index in [1.165, 1.54) is 36.8 Å². The first-order valence-corrected chi connectivity index (χ1v) is 15.8. The minimum atomic E-state index is 0.160. The maximum Gasteiger partial charge on any atom is 0.318 e. The average molecular weight is 565 g/mol. The van der Waals surface area contributed by atoms with Gasteiger partial charge < -0.3 is 15.0 Å². The second-order valence-electron chi connectivity index (χ2n) is 11.9. The number of anilines is 1. The van der Waals surface area contributed by atoms with Crippen LogP contribution in [0.3, 0.4) is 0 Å². The molecule has 7 nitrogen and oxygen atoms in total. The molecule has 1 N–H and O–H groups in total. The number of nitriles is 1. The quantitative estimate of drug-likeness (QED) is 0.381. The summed E-state index contributed by atoms with van der Waals surface area (Å²) in [5, 5.41) is 13.6. The summed E-state index contributed by atoms with van der Waals surface area (Å²) in [6.07, 6.45) is 10.5. The molecule has 8 heteroatoms. The van der Waals surface area contributed by atoms with Crippen LogP contribution in [0.15, 0.2) is 24.3 Å². The van der Waals surface area contributed by atoms with E-state index in [0.717, 1.165) is 74.8 Å². The molecule has 40 heavy (non-hydrogen) atoms. The van der Waals surface area contributed by atoms with E-state index in [2.05, 4.69) is 47.2 Å². The SMILES string of the molecule is CCCC(C)N1CCCC1COc1nc2c(c(N3CCNC(CC#N)C3)n1)CCC(CCc1ccccc1Cl)C2. The molecule has 0 bridgehead atoms. The number of piperazine rings is 1. The highest BCUT2D eigenvalue weighted by Crippen LogP contribution is 2.35. The fraction of sp³-hybridized carbons (Fsp3) is 0.656. The number of aryl methyl sites for hydroxylation is 1. The summed E-state index contributed by atoms with van der Waals surface area (Å²) in [4.78, 5) is 15.1. The third-order valence-corrected chi connectivity index (χ3v) is 9.48. The predicted molar refractivity (Wildman–Crippen MR) is 161 cm³/mol. The summed E-state index contributed by atoms with van der Waals surface area (Å²) in [5.41, 5.74) is 3.65. The predicted octanol–water partition coefficient (Wildman–Crippen LogP) is 5.59. The maximum atomic E-state index is 9.29. The van der Waals surface area contributed by atoms with Crippen molar-refractivity contribution in [3.05, 3.63) is 46.1 Å². The molecule has 2 aromatic rings. The minimum absolute atomic E-state index is 0.160. The van der Waals surface area contributed by atoms with Crippen molar-refractivity contribution in [2.45, 2.75) is 96.2 Å². The van der Waals surface area contributed by atoms with Crippen molar-refractivity contribution in [1.29, 1.82) is 5.26 Å². The van der Waals surface area contributed by atoms with E-state index in [1.807, 2.05) is 12.1 Å². The van der Waals surface area contributed by atoms with Gasteiger partial charge in [0.2, 0.25) is 0 Å². The lowest BCUT2D eigenvalue weighted by molar-refractivity contribution is 0.126. The molecule has 2 fully saturated rings. The Hall–Kier alpha value is -2.40. The van der Waals surface area contributed by atoms with E-state index in [1.54, 1.807) is 0 Å². The largest absolute Gasteiger partial charge is 0.462 e. The van der Waals surface area contributed by atoms with Gasteiger partial charge in [0.15, 0.2) is 0 Å². The number of rotatable bonds is 11. The van der Waals surface area contributed by atoms with Gasteiger partial charge in [-0.2, -0.15) is 15.2 Å². The zero-order chi connectivity index (χ0) is 27.9. The Labute approximate surface area is 245 Å². The molecule has 4 unspecified atom stereocenters. The first kappa shape index (κ1) is 29.1. The Bertz CT molecular complexity index is 1170. The van der Waals surface area contributed by atoms with E-state index in [9.17, 15) is 5.26 Å². The van der Waals surface area contributed by atoms with Gasteiger partial charge in [0.05, 0.1) is 18.2 Å². The molecule has 2 saturated heterocycles. The smallest absolute Gasteiger partial charge is 0.318 e. The van der Waals surface area contributed by atoms with Crippen molar-refractivity contribution in [1.82, 2.24) is 20.2 Å². The van der Waals surface area contributed by atoms with Crippen molar-refractivity contribution in [3.8, 4) is 12.1 Å². The molecule has 1 aromatic heterocycles. The number of ether oxygens (including phenoxy) is 1. The molecule has 0 saturated carbocycles. The van der Waals surface area contributed by atoms with E-state index >= 15 is 0 Å². The van der Waals surface area contributed by atoms with E-state index in [-0.39, 0.29) is 6.04 Å². The normalized spacial score (nSPS) is 23.9. The molecular formula is C32H45ClN6O. The summed E-state index contributed by atoms with van der Waals surface area (Å²) < 4.78 is 6.42. The van der Waals surface area contributed by atoms with Crippen molar-refractivity contribution in [3.63, 3.8) is 0 Å². The summed E-state index contributed by atoms with van der Waals surface area (Å²) in [6, 6.07) is 12.2. The number of hydrogen-bond donors (Lipinski definition) is 1. The van der Waals surface area contributed by atoms with Crippen LogP contribution in [0.5, 0.6) is 6.01 Å². The van der Waals surface area contributed by atoms with Crippen LogP contribution in [-0.4, -0.2) is 65.8 Å². The molecule has 0 spiro atoms. The molecule has 5 rings (SSSR count). The lowest BCUT2D eigenvalue weighted by Crippen LogP contribution is -2.51. The van der Waals surface area contributed by atoms with Gasteiger partial charge in [-0.05, 0) is 82.4 Å². The molecular weight excluding hydrogens is 520 g/mol. The van der Waals surface area contributed by atoms with Crippen LogP contribution in [0.25, 0.3) is 0 Å². The van der Waals surface area contributed by atoms with Gasteiger partial charge in [-0.15, -0.1) is 0 Å². The van der Waals surface area contributed by atoms with Crippen LogP contribution in [0, 0.1) is 17.2 Å². The Balaban J connectivity index is 1.34. The maximum absolute atomic E-state index is 9.29.